The van der Waals surface area contributed by atoms with Crippen molar-refractivity contribution >= 4 is 27.5 Å². The highest BCUT2D eigenvalue weighted by Crippen LogP contribution is 2.50. The van der Waals surface area contributed by atoms with E-state index in [2.05, 4.69) is 41.9 Å². The van der Waals surface area contributed by atoms with E-state index in [1.807, 2.05) is 6.07 Å². The predicted octanol–water partition coefficient (Wildman–Crippen LogP) is 4.36. The summed E-state index contributed by atoms with van der Waals surface area (Å²) >= 11 is 9.69. The van der Waals surface area contributed by atoms with Crippen molar-refractivity contribution in [3.63, 3.8) is 0 Å². The summed E-state index contributed by atoms with van der Waals surface area (Å²) in [7, 11) is 0. The van der Waals surface area contributed by atoms with Crippen LogP contribution in [0.25, 0.3) is 0 Å². The molecule has 0 N–H and O–H groups in total. The molecule has 1 aliphatic carbocycles. The summed E-state index contributed by atoms with van der Waals surface area (Å²) in [6.07, 6.45) is 1.13. The van der Waals surface area contributed by atoms with Crippen molar-refractivity contribution in [2.45, 2.75) is 25.1 Å². The molecule has 0 saturated carbocycles. The van der Waals surface area contributed by atoms with E-state index in [9.17, 15) is 0 Å². The van der Waals surface area contributed by atoms with Crippen LogP contribution in [0.4, 0.5) is 0 Å². The Morgan fingerprint density at radius 2 is 2.15 bits per heavy atom. The van der Waals surface area contributed by atoms with Crippen LogP contribution in [0.5, 0.6) is 0 Å². The smallest absolute Gasteiger partial charge is 0.0452 e. The molecule has 0 aromatic heterocycles. The zero-order chi connectivity index (χ0) is 9.64. The Balaban J connectivity index is 2.51. The summed E-state index contributed by atoms with van der Waals surface area (Å²) in [6.45, 7) is 4.56. The lowest BCUT2D eigenvalue weighted by molar-refractivity contribution is 0.389. The molecular formula is C11H12BrCl. The van der Waals surface area contributed by atoms with Gasteiger partial charge < -0.3 is 0 Å². The van der Waals surface area contributed by atoms with Gasteiger partial charge in [0.1, 0.15) is 0 Å². The van der Waals surface area contributed by atoms with E-state index in [0.717, 1.165) is 11.4 Å². The lowest BCUT2D eigenvalue weighted by Gasteiger charge is -2.21. The van der Waals surface area contributed by atoms with Crippen LogP contribution in [0.1, 0.15) is 29.8 Å². The van der Waals surface area contributed by atoms with Crippen LogP contribution in [0.15, 0.2) is 18.2 Å². The molecule has 13 heavy (non-hydrogen) atoms. The average molecular weight is 260 g/mol. The highest BCUT2D eigenvalue weighted by molar-refractivity contribution is 9.09. The first kappa shape index (κ1) is 9.54. The third-order valence-corrected chi connectivity index (χ3v) is 4.68. The van der Waals surface area contributed by atoms with E-state index in [1.54, 1.807) is 0 Å². The topological polar surface area (TPSA) is 0 Å². The monoisotopic (exact) mass is 258 g/mol. The molecule has 0 aliphatic heterocycles. The Bertz CT molecular complexity index is 344. The molecule has 0 radical (unpaired) electrons. The molecule has 1 aromatic carbocycles. The second kappa shape index (κ2) is 2.99. The van der Waals surface area contributed by atoms with Gasteiger partial charge in [0.25, 0.3) is 0 Å². The van der Waals surface area contributed by atoms with Crippen LogP contribution in [0.3, 0.4) is 0 Å². The highest BCUT2D eigenvalue weighted by Gasteiger charge is 2.36. The maximum absolute atomic E-state index is 5.96. The lowest BCUT2D eigenvalue weighted by atomic mass is 9.90. The first-order chi connectivity index (χ1) is 6.00. The van der Waals surface area contributed by atoms with Crippen molar-refractivity contribution in [2.75, 3.05) is 0 Å². The zero-order valence-corrected chi connectivity index (χ0v) is 10.1. The molecule has 1 atom stereocenters. The van der Waals surface area contributed by atoms with Gasteiger partial charge in [0.2, 0.25) is 0 Å². The maximum atomic E-state index is 5.96. The van der Waals surface area contributed by atoms with Gasteiger partial charge in [-0.15, -0.1) is 0 Å². The van der Waals surface area contributed by atoms with Gasteiger partial charge in [-0.1, -0.05) is 47.4 Å². The maximum Gasteiger partial charge on any atom is 0.0452 e. The third kappa shape index (κ3) is 1.53. The zero-order valence-electron chi connectivity index (χ0n) is 7.77. The first-order valence-electron chi connectivity index (χ1n) is 4.43. The predicted molar refractivity (Wildman–Crippen MR) is 60.6 cm³/mol. The van der Waals surface area contributed by atoms with Gasteiger partial charge in [0, 0.05) is 9.85 Å². The normalized spacial score (nSPS) is 24.5. The van der Waals surface area contributed by atoms with E-state index >= 15 is 0 Å². The fourth-order valence-electron chi connectivity index (χ4n) is 1.96. The molecule has 2 rings (SSSR count). The van der Waals surface area contributed by atoms with Gasteiger partial charge >= 0.3 is 0 Å². The molecule has 1 aromatic rings. The Kier molecular flexibility index (Phi) is 2.20. The quantitative estimate of drug-likeness (QED) is 0.607. The Morgan fingerprint density at radius 1 is 1.46 bits per heavy atom. The standard InChI is InChI=1S/C11H12BrCl/c1-11(2)6-7-3-4-8(13)5-9(7)10(11)12/h3-5,10H,6H2,1-2H3. The highest BCUT2D eigenvalue weighted by atomic mass is 79.9. The molecule has 0 heterocycles. The summed E-state index contributed by atoms with van der Waals surface area (Å²) in [5.41, 5.74) is 3.10. The average Bonchev–Trinajstić information content (AvgIpc) is 2.26. The first-order valence-corrected chi connectivity index (χ1v) is 5.72. The van der Waals surface area contributed by atoms with Crippen LogP contribution in [0, 0.1) is 5.41 Å². The molecule has 70 valence electrons. The molecule has 0 fully saturated rings. The molecule has 0 bridgehead atoms. The van der Waals surface area contributed by atoms with Crippen LogP contribution in [-0.4, -0.2) is 0 Å². The number of rotatable bonds is 0. The van der Waals surface area contributed by atoms with Gasteiger partial charge in [-0.25, -0.2) is 0 Å². The molecule has 0 spiro atoms. The molecule has 0 amide bonds. The minimum Gasteiger partial charge on any atom is -0.0843 e. The Hall–Kier alpha value is -0.0100. The number of benzene rings is 1. The molecule has 0 nitrogen and oxygen atoms in total. The third-order valence-electron chi connectivity index (χ3n) is 2.71. The summed E-state index contributed by atoms with van der Waals surface area (Å²) in [5, 5.41) is 0.834. The van der Waals surface area contributed by atoms with Gasteiger partial charge in [0.05, 0.1) is 0 Å². The molecule has 0 saturated heterocycles. The van der Waals surface area contributed by atoms with Gasteiger partial charge in [-0.3, -0.25) is 0 Å². The van der Waals surface area contributed by atoms with Crippen molar-refractivity contribution in [3.8, 4) is 0 Å². The Labute approximate surface area is 92.4 Å². The largest absolute Gasteiger partial charge is 0.0843 e. The van der Waals surface area contributed by atoms with Crippen molar-refractivity contribution in [3.05, 3.63) is 34.3 Å². The summed E-state index contributed by atoms with van der Waals surface area (Å²) in [4.78, 5) is 0.439. The second-order valence-electron chi connectivity index (χ2n) is 4.37. The van der Waals surface area contributed by atoms with E-state index in [0.29, 0.717) is 10.2 Å². The van der Waals surface area contributed by atoms with Crippen LogP contribution in [0.2, 0.25) is 5.02 Å². The van der Waals surface area contributed by atoms with Gasteiger partial charge in [0.15, 0.2) is 0 Å². The summed E-state index contributed by atoms with van der Waals surface area (Å²) in [6, 6.07) is 6.19. The minimum absolute atomic E-state index is 0.313. The fraction of sp³-hybridized carbons (Fsp3) is 0.455. The number of fused-ring (bicyclic) bond motifs is 1. The number of hydrogen-bond donors (Lipinski definition) is 0. The molecule has 1 unspecified atom stereocenters. The number of hydrogen-bond acceptors (Lipinski definition) is 0. The number of alkyl halides is 1. The van der Waals surface area contributed by atoms with Crippen molar-refractivity contribution < 1.29 is 0 Å². The van der Waals surface area contributed by atoms with Crippen molar-refractivity contribution in [1.29, 1.82) is 0 Å². The molecule has 2 heteroatoms. The Morgan fingerprint density at radius 3 is 2.85 bits per heavy atom. The van der Waals surface area contributed by atoms with E-state index in [4.69, 9.17) is 11.6 Å². The molecular weight excluding hydrogens is 247 g/mol. The van der Waals surface area contributed by atoms with E-state index in [1.165, 1.54) is 11.1 Å². The summed E-state index contributed by atoms with van der Waals surface area (Å²) < 4.78 is 0. The van der Waals surface area contributed by atoms with Gasteiger partial charge in [-0.2, -0.15) is 0 Å². The van der Waals surface area contributed by atoms with Gasteiger partial charge in [-0.05, 0) is 35.1 Å². The van der Waals surface area contributed by atoms with E-state index in [-0.39, 0.29) is 0 Å². The van der Waals surface area contributed by atoms with Crippen LogP contribution < -0.4 is 0 Å². The molecule has 1 aliphatic rings. The van der Waals surface area contributed by atoms with E-state index < -0.39 is 0 Å². The SMILES string of the molecule is CC1(C)Cc2ccc(Cl)cc2C1Br. The summed E-state index contributed by atoms with van der Waals surface area (Å²) in [5.74, 6) is 0. The van der Waals surface area contributed by atoms with Crippen molar-refractivity contribution in [1.82, 2.24) is 0 Å². The van der Waals surface area contributed by atoms with Crippen molar-refractivity contribution in [2.24, 2.45) is 5.41 Å². The number of halogens is 2. The van der Waals surface area contributed by atoms with Crippen LogP contribution >= 0.6 is 27.5 Å². The second-order valence-corrected chi connectivity index (χ2v) is 5.72. The minimum atomic E-state index is 0.313. The lowest BCUT2D eigenvalue weighted by Crippen LogP contribution is -2.12. The fourth-order valence-corrected chi connectivity index (χ4v) is 2.73. The van der Waals surface area contributed by atoms with Crippen LogP contribution in [-0.2, 0) is 6.42 Å².